The first-order valence-corrected chi connectivity index (χ1v) is 8.88. The highest BCUT2D eigenvalue weighted by molar-refractivity contribution is 7.89. The second-order valence-electron chi connectivity index (χ2n) is 5.48. The van der Waals surface area contributed by atoms with Gasteiger partial charge in [0.25, 0.3) is 0 Å². The van der Waals surface area contributed by atoms with Crippen LogP contribution in [0.4, 0.5) is 0 Å². The molecule has 1 atom stereocenters. The fourth-order valence-electron chi connectivity index (χ4n) is 2.62. The van der Waals surface area contributed by atoms with Gasteiger partial charge in [0.2, 0.25) is 10.0 Å². The fraction of sp³-hybridized carbons (Fsp3) is 0.600. The summed E-state index contributed by atoms with van der Waals surface area (Å²) < 4.78 is 32.3. The molecule has 1 aromatic carbocycles. The minimum Gasteiger partial charge on any atom is -0.380 e. The van der Waals surface area contributed by atoms with Gasteiger partial charge in [-0.1, -0.05) is 12.1 Å². The zero-order valence-corrected chi connectivity index (χ0v) is 13.3. The van der Waals surface area contributed by atoms with Gasteiger partial charge in [0.15, 0.2) is 0 Å². The maximum absolute atomic E-state index is 12.3. The number of sulfonamides is 1. The zero-order valence-electron chi connectivity index (χ0n) is 12.5. The lowest BCUT2D eigenvalue weighted by molar-refractivity contribution is 0.184. The van der Waals surface area contributed by atoms with E-state index in [9.17, 15) is 8.42 Å². The SMILES string of the molecule is COCc1cccc(S(=O)(=O)NCCC2CCCNC2)c1. The van der Waals surface area contributed by atoms with E-state index in [0.717, 1.165) is 25.1 Å². The van der Waals surface area contributed by atoms with Crippen LogP contribution in [-0.2, 0) is 21.4 Å². The summed E-state index contributed by atoms with van der Waals surface area (Å²) in [4.78, 5) is 0.304. The summed E-state index contributed by atoms with van der Waals surface area (Å²) >= 11 is 0. The summed E-state index contributed by atoms with van der Waals surface area (Å²) in [5.74, 6) is 0.571. The molecule has 1 aliphatic heterocycles. The van der Waals surface area contributed by atoms with Crippen molar-refractivity contribution in [3.05, 3.63) is 29.8 Å². The molecule has 0 spiro atoms. The number of hydrogen-bond acceptors (Lipinski definition) is 4. The molecule has 1 aromatic rings. The number of nitrogens with one attached hydrogen (secondary N) is 2. The molecule has 0 aliphatic carbocycles. The largest absolute Gasteiger partial charge is 0.380 e. The zero-order chi connectivity index (χ0) is 15.1. The van der Waals surface area contributed by atoms with Gasteiger partial charge in [0.1, 0.15) is 0 Å². The van der Waals surface area contributed by atoms with E-state index < -0.39 is 10.0 Å². The monoisotopic (exact) mass is 312 g/mol. The van der Waals surface area contributed by atoms with Crippen molar-refractivity contribution >= 4 is 10.0 Å². The molecule has 1 heterocycles. The molecule has 0 saturated carbocycles. The van der Waals surface area contributed by atoms with Gasteiger partial charge < -0.3 is 10.1 Å². The van der Waals surface area contributed by atoms with E-state index in [1.165, 1.54) is 12.8 Å². The number of ether oxygens (including phenoxy) is 1. The second kappa shape index (κ2) is 7.89. The molecular formula is C15H24N2O3S. The van der Waals surface area contributed by atoms with Crippen molar-refractivity contribution in [2.45, 2.75) is 30.8 Å². The quantitative estimate of drug-likeness (QED) is 0.801. The first-order chi connectivity index (χ1) is 10.1. The molecule has 0 radical (unpaired) electrons. The molecule has 6 heteroatoms. The van der Waals surface area contributed by atoms with E-state index in [-0.39, 0.29) is 0 Å². The highest BCUT2D eigenvalue weighted by Gasteiger charge is 2.16. The third-order valence-corrected chi connectivity index (χ3v) is 5.22. The molecule has 0 amide bonds. The van der Waals surface area contributed by atoms with Crippen LogP contribution in [-0.4, -0.2) is 35.2 Å². The first kappa shape index (κ1) is 16.4. The lowest BCUT2D eigenvalue weighted by Gasteiger charge is -2.22. The van der Waals surface area contributed by atoms with Crippen LogP contribution in [0.5, 0.6) is 0 Å². The van der Waals surface area contributed by atoms with Crippen molar-refractivity contribution < 1.29 is 13.2 Å². The van der Waals surface area contributed by atoms with Gasteiger partial charge in [-0.25, -0.2) is 13.1 Å². The molecule has 1 unspecified atom stereocenters. The van der Waals surface area contributed by atoms with E-state index in [4.69, 9.17) is 4.74 Å². The van der Waals surface area contributed by atoms with E-state index in [2.05, 4.69) is 10.0 Å². The van der Waals surface area contributed by atoms with Crippen molar-refractivity contribution in [1.82, 2.24) is 10.0 Å². The normalized spacial score (nSPS) is 19.6. The lowest BCUT2D eigenvalue weighted by Crippen LogP contribution is -2.33. The Morgan fingerprint density at radius 2 is 2.29 bits per heavy atom. The number of rotatable bonds is 7. The highest BCUT2D eigenvalue weighted by atomic mass is 32.2. The van der Waals surface area contributed by atoms with Crippen molar-refractivity contribution in [3.8, 4) is 0 Å². The molecule has 1 fully saturated rings. The number of benzene rings is 1. The van der Waals surface area contributed by atoms with Crippen molar-refractivity contribution in [3.63, 3.8) is 0 Å². The topological polar surface area (TPSA) is 67.4 Å². The van der Waals surface area contributed by atoms with Gasteiger partial charge in [0.05, 0.1) is 11.5 Å². The Kier molecular flexibility index (Phi) is 6.17. The third-order valence-electron chi connectivity index (χ3n) is 3.76. The molecule has 5 nitrogen and oxygen atoms in total. The Balaban J connectivity index is 1.90. The van der Waals surface area contributed by atoms with Gasteiger partial charge in [-0.05, 0) is 56.0 Å². The number of methoxy groups -OCH3 is 1. The Hall–Kier alpha value is -0.950. The van der Waals surface area contributed by atoms with Crippen LogP contribution in [0.2, 0.25) is 0 Å². The molecule has 1 aliphatic rings. The smallest absolute Gasteiger partial charge is 0.240 e. The van der Waals surface area contributed by atoms with E-state index >= 15 is 0 Å². The molecule has 21 heavy (non-hydrogen) atoms. The molecule has 118 valence electrons. The Labute approximate surface area is 127 Å². The van der Waals surface area contributed by atoms with Crippen molar-refractivity contribution in [1.29, 1.82) is 0 Å². The third kappa shape index (κ3) is 5.07. The predicted molar refractivity (Wildman–Crippen MR) is 82.6 cm³/mol. The van der Waals surface area contributed by atoms with Gasteiger partial charge in [-0.2, -0.15) is 0 Å². The summed E-state index contributed by atoms with van der Waals surface area (Å²) in [6, 6.07) is 6.88. The maximum Gasteiger partial charge on any atom is 0.240 e. The summed E-state index contributed by atoms with van der Waals surface area (Å²) in [7, 11) is -1.83. The van der Waals surface area contributed by atoms with Crippen LogP contribution >= 0.6 is 0 Å². The average molecular weight is 312 g/mol. The Bertz CT molecular complexity index is 540. The number of piperidine rings is 1. The van der Waals surface area contributed by atoms with Crippen LogP contribution < -0.4 is 10.0 Å². The summed E-state index contributed by atoms with van der Waals surface area (Å²) in [5.41, 5.74) is 0.858. The van der Waals surface area contributed by atoms with E-state index in [1.54, 1.807) is 25.3 Å². The molecule has 2 rings (SSSR count). The van der Waals surface area contributed by atoms with Crippen molar-refractivity contribution in [2.24, 2.45) is 5.92 Å². The molecule has 0 aromatic heterocycles. The minimum absolute atomic E-state index is 0.304. The van der Waals surface area contributed by atoms with Gasteiger partial charge >= 0.3 is 0 Å². The molecule has 1 saturated heterocycles. The highest BCUT2D eigenvalue weighted by Crippen LogP contribution is 2.15. The van der Waals surface area contributed by atoms with Crippen LogP contribution in [0, 0.1) is 5.92 Å². The lowest BCUT2D eigenvalue weighted by atomic mass is 9.96. The Morgan fingerprint density at radius 3 is 3.00 bits per heavy atom. The van der Waals surface area contributed by atoms with Crippen LogP contribution in [0.25, 0.3) is 0 Å². The maximum atomic E-state index is 12.3. The average Bonchev–Trinajstić information content (AvgIpc) is 2.49. The van der Waals surface area contributed by atoms with Crippen molar-refractivity contribution in [2.75, 3.05) is 26.7 Å². The van der Waals surface area contributed by atoms with Gasteiger partial charge in [0, 0.05) is 13.7 Å². The van der Waals surface area contributed by atoms with Gasteiger partial charge in [-0.15, -0.1) is 0 Å². The summed E-state index contributed by atoms with van der Waals surface area (Å²) in [6.07, 6.45) is 3.23. The van der Waals surface area contributed by atoms with Crippen LogP contribution in [0.1, 0.15) is 24.8 Å². The van der Waals surface area contributed by atoms with Gasteiger partial charge in [-0.3, -0.25) is 0 Å². The summed E-state index contributed by atoms with van der Waals surface area (Å²) in [6.45, 7) is 2.97. The predicted octanol–water partition coefficient (Wildman–Crippen LogP) is 1.50. The summed E-state index contributed by atoms with van der Waals surface area (Å²) in [5, 5.41) is 3.34. The van der Waals surface area contributed by atoms with E-state index in [1.807, 2.05) is 6.07 Å². The van der Waals surface area contributed by atoms with Crippen LogP contribution in [0.15, 0.2) is 29.2 Å². The molecular weight excluding hydrogens is 288 g/mol. The molecule has 2 N–H and O–H groups in total. The fourth-order valence-corrected chi connectivity index (χ4v) is 3.74. The van der Waals surface area contributed by atoms with E-state index in [0.29, 0.717) is 24.0 Å². The Morgan fingerprint density at radius 1 is 1.43 bits per heavy atom. The standard InChI is InChI=1S/C15H24N2O3S/c1-20-12-14-4-2-6-15(10-14)21(18,19)17-9-7-13-5-3-8-16-11-13/h2,4,6,10,13,16-17H,3,5,7-9,11-12H2,1H3. The number of hydrogen-bond donors (Lipinski definition) is 2. The molecule has 0 bridgehead atoms. The van der Waals surface area contributed by atoms with Crippen LogP contribution in [0.3, 0.4) is 0 Å². The second-order valence-corrected chi connectivity index (χ2v) is 7.25. The first-order valence-electron chi connectivity index (χ1n) is 7.40. The minimum atomic E-state index is -3.43.